The van der Waals surface area contributed by atoms with Crippen molar-refractivity contribution in [2.24, 2.45) is 10.9 Å². The zero-order valence-corrected chi connectivity index (χ0v) is 13.4. The van der Waals surface area contributed by atoms with Crippen LogP contribution in [-0.2, 0) is 9.47 Å². The van der Waals surface area contributed by atoms with Crippen LogP contribution >= 0.6 is 0 Å². The fourth-order valence-corrected chi connectivity index (χ4v) is 2.98. The summed E-state index contributed by atoms with van der Waals surface area (Å²) in [5.41, 5.74) is 0. The maximum absolute atomic E-state index is 5.70. The maximum atomic E-state index is 5.70. The van der Waals surface area contributed by atoms with Gasteiger partial charge in [-0.15, -0.1) is 0 Å². The van der Waals surface area contributed by atoms with Gasteiger partial charge in [0.1, 0.15) is 0 Å². The molecule has 0 spiro atoms. The molecule has 0 radical (unpaired) electrons. The summed E-state index contributed by atoms with van der Waals surface area (Å²) in [6, 6.07) is 0.601. The third-order valence-electron chi connectivity index (χ3n) is 4.31. The fraction of sp³-hybridized carbons (Fsp3) is 0.938. The molecule has 122 valence electrons. The van der Waals surface area contributed by atoms with Crippen molar-refractivity contribution in [2.75, 3.05) is 40.0 Å². The van der Waals surface area contributed by atoms with Crippen LogP contribution in [-0.4, -0.2) is 52.0 Å². The maximum Gasteiger partial charge on any atom is 0.191 e. The average molecular weight is 297 g/mol. The van der Waals surface area contributed by atoms with Crippen LogP contribution in [0, 0.1) is 5.92 Å². The molecular weight excluding hydrogens is 266 g/mol. The second-order valence-corrected chi connectivity index (χ2v) is 6.14. The van der Waals surface area contributed by atoms with Crippen molar-refractivity contribution in [1.82, 2.24) is 10.6 Å². The van der Waals surface area contributed by atoms with Gasteiger partial charge in [-0.2, -0.15) is 0 Å². The third kappa shape index (κ3) is 6.66. The van der Waals surface area contributed by atoms with Gasteiger partial charge in [-0.25, -0.2) is 0 Å². The Labute approximate surface area is 128 Å². The van der Waals surface area contributed by atoms with Crippen molar-refractivity contribution in [3.63, 3.8) is 0 Å². The Morgan fingerprint density at radius 1 is 1.24 bits per heavy atom. The molecule has 0 aromatic rings. The Morgan fingerprint density at radius 3 is 2.81 bits per heavy atom. The van der Waals surface area contributed by atoms with Crippen LogP contribution in [0.15, 0.2) is 4.99 Å². The highest BCUT2D eigenvalue weighted by Gasteiger charge is 2.15. The first-order valence-electron chi connectivity index (χ1n) is 8.51. The van der Waals surface area contributed by atoms with E-state index < -0.39 is 0 Å². The number of nitrogens with zero attached hydrogens (tertiary/aromatic N) is 1. The molecule has 1 atom stereocenters. The van der Waals surface area contributed by atoms with Crippen LogP contribution in [0.3, 0.4) is 0 Å². The van der Waals surface area contributed by atoms with E-state index in [0.717, 1.165) is 51.8 Å². The normalized spacial score (nSPS) is 24.2. The molecule has 0 aromatic heterocycles. The molecule has 1 saturated heterocycles. The first kappa shape index (κ1) is 16.6. The highest BCUT2D eigenvalue weighted by molar-refractivity contribution is 5.79. The van der Waals surface area contributed by atoms with Gasteiger partial charge in [0.25, 0.3) is 0 Å². The first-order valence-corrected chi connectivity index (χ1v) is 8.51. The molecule has 0 aromatic carbocycles. The van der Waals surface area contributed by atoms with Crippen molar-refractivity contribution in [3.05, 3.63) is 0 Å². The average Bonchev–Trinajstić information content (AvgIpc) is 3.04. The monoisotopic (exact) mass is 297 g/mol. The molecular formula is C16H31N3O2. The van der Waals surface area contributed by atoms with Crippen molar-refractivity contribution < 1.29 is 9.47 Å². The molecule has 1 saturated carbocycles. The lowest BCUT2D eigenvalue weighted by Gasteiger charge is -2.24. The summed E-state index contributed by atoms with van der Waals surface area (Å²) in [6.45, 7) is 4.33. The van der Waals surface area contributed by atoms with E-state index in [9.17, 15) is 0 Å². The molecule has 1 heterocycles. The molecule has 2 rings (SSSR count). The zero-order valence-electron chi connectivity index (χ0n) is 13.4. The van der Waals surface area contributed by atoms with Gasteiger partial charge < -0.3 is 20.1 Å². The van der Waals surface area contributed by atoms with E-state index in [4.69, 9.17) is 9.47 Å². The van der Waals surface area contributed by atoms with Gasteiger partial charge in [0.2, 0.25) is 0 Å². The highest BCUT2D eigenvalue weighted by Crippen LogP contribution is 2.17. The lowest BCUT2D eigenvalue weighted by molar-refractivity contribution is 0.0888. The van der Waals surface area contributed by atoms with E-state index in [1.54, 1.807) is 0 Å². The predicted octanol–water partition coefficient (Wildman–Crippen LogP) is 1.93. The molecule has 0 bridgehead atoms. The van der Waals surface area contributed by atoms with Gasteiger partial charge in [0.05, 0.1) is 13.2 Å². The number of hydrogen-bond donors (Lipinski definition) is 2. The van der Waals surface area contributed by atoms with E-state index in [-0.39, 0.29) is 0 Å². The van der Waals surface area contributed by atoms with Crippen LogP contribution in [0.4, 0.5) is 0 Å². The first-order chi connectivity index (χ1) is 10.4. The lowest BCUT2D eigenvalue weighted by Crippen LogP contribution is -2.44. The van der Waals surface area contributed by atoms with E-state index in [1.165, 1.54) is 32.1 Å². The number of ether oxygens (including phenoxy) is 2. The summed E-state index contributed by atoms with van der Waals surface area (Å²) in [5, 5.41) is 6.90. The van der Waals surface area contributed by atoms with Crippen LogP contribution in [0.2, 0.25) is 0 Å². The smallest absolute Gasteiger partial charge is 0.191 e. The van der Waals surface area contributed by atoms with Crippen molar-refractivity contribution in [3.8, 4) is 0 Å². The third-order valence-corrected chi connectivity index (χ3v) is 4.31. The molecule has 1 unspecified atom stereocenters. The summed E-state index contributed by atoms with van der Waals surface area (Å²) in [5.74, 6) is 1.55. The Balaban J connectivity index is 1.47. The minimum absolute atomic E-state index is 0.601. The van der Waals surface area contributed by atoms with Crippen molar-refractivity contribution in [2.45, 2.75) is 51.0 Å². The number of hydrogen-bond acceptors (Lipinski definition) is 3. The van der Waals surface area contributed by atoms with Gasteiger partial charge in [-0.1, -0.05) is 19.3 Å². The van der Waals surface area contributed by atoms with Gasteiger partial charge in [0, 0.05) is 38.8 Å². The SMILES string of the molecule is CN=C(NCCCOCC1CCOC1)NC1CCCCC1. The Bertz CT molecular complexity index is 298. The van der Waals surface area contributed by atoms with E-state index in [0.29, 0.717) is 12.0 Å². The summed E-state index contributed by atoms with van der Waals surface area (Å²) in [4.78, 5) is 4.30. The second kappa shape index (κ2) is 10.0. The number of aliphatic imine (C=N–C) groups is 1. The van der Waals surface area contributed by atoms with Gasteiger partial charge in [0.15, 0.2) is 5.96 Å². The number of rotatable bonds is 7. The Kier molecular flexibility index (Phi) is 7.89. The second-order valence-electron chi connectivity index (χ2n) is 6.14. The van der Waals surface area contributed by atoms with Gasteiger partial charge in [-0.05, 0) is 25.7 Å². The quantitative estimate of drug-likeness (QED) is 0.428. The number of guanidine groups is 1. The number of nitrogens with one attached hydrogen (secondary N) is 2. The van der Waals surface area contributed by atoms with Gasteiger partial charge in [-0.3, -0.25) is 4.99 Å². The minimum atomic E-state index is 0.601. The molecule has 1 aliphatic carbocycles. The molecule has 2 aliphatic rings. The molecule has 2 N–H and O–H groups in total. The predicted molar refractivity (Wildman–Crippen MR) is 85.7 cm³/mol. The van der Waals surface area contributed by atoms with Crippen LogP contribution in [0.25, 0.3) is 0 Å². The largest absolute Gasteiger partial charge is 0.381 e. The molecule has 0 amide bonds. The molecule has 21 heavy (non-hydrogen) atoms. The molecule has 5 heteroatoms. The topological polar surface area (TPSA) is 54.9 Å². The Hall–Kier alpha value is -0.810. The minimum Gasteiger partial charge on any atom is -0.381 e. The van der Waals surface area contributed by atoms with E-state index >= 15 is 0 Å². The zero-order chi connectivity index (χ0) is 14.8. The van der Waals surface area contributed by atoms with Crippen LogP contribution in [0.5, 0.6) is 0 Å². The Morgan fingerprint density at radius 2 is 2.10 bits per heavy atom. The van der Waals surface area contributed by atoms with E-state index in [1.807, 2.05) is 7.05 Å². The highest BCUT2D eigenvalue weighted by atomic mass is 16.5. The van der Waals surface area contributed by atoms with Gasteiger partial charge >= 0.3 is 0 Å². The summed E-state index contributed by atoms with van der Waals surface area (Å²) in [7, 11) is 1.84. The summed E-state index contributed by atoms with van der Waals surface area (Å²) in [6.07, 6.45) is 8.77. The molecule has 2 fully saturated rings. The standard InChI is InChI=1S/C16H31N3O2/c1-17-16(19-15-6-3-2-4-7-15)18-9-5-10-20-12-14-8-11-21-13-14/h14-15H,2-13H2,1H3,(H2,17,18,19). The fourth-order valence-electron chi connectivity index (χ4n) is 2.98. The molecule has 1 aliphatic heterocycles. The van der Waals surface area contributed by atoms with Crippen molar-refractivity contribution in [1.29, 1.82) is 0 Å². The lowest BCUT2D eigenvalue weighted by atomic mass is 9.96. The van der Waals surface area contributed by atoms with Crippen molar-refractivity contribution >= 4 is 5.96 Å². The van der Waals surface area contributed by atoms with E-state index in [2.05, 4.69) is 15.6 Å². The summed E-state index contributed by atoms with van der Waals surface area (Å²) >= 11 is 0. The molecule has 5 nitrogen and oxygen atoms in total. The van der Waals surface area contributed by atoms with Crippen LogP contribution < -0.4 is 10.6 Å². The van der Waals surface area contributed by atoms with Crippen LogP contribution in [0.1, 0.15) is 44.9 Å². The summed E-state index contributed by atoms with van der Waals surface area (Å²) < 4.78 is 11.0.